The molecule has 1 aromatic carbocycles. The van der Waals surface area contributed by atoms with Gasteiger partial charge in [0.2, 0.25) is 0 Å². The average molecular weight is 350 g/mol. The highest BCUT2D eigenvalue weighted by Crippen LogP contribution is 2.27. The second-order valence-electron chi connectivity index (χ2n) is 3.64. The number of sulfone groups is 1. The number of hydrogen-bond acceptors (Lipinski definition) is 4. The molecular formula is C11H9BrFNO4S. The minimum Gasteiger partial charge on any atom is -0.478 e. The summed E-state index contributed by atoms with van der Waals surface area (Å²) in [5.74, 6) is -2.94. The molecule has 0 aliphatic heterocycles. The molecule has 0 aliphatic carbocycles. The van der Waals surface area contributed by atoms with E-state index in [1.54, 1.807) is 6.07 Å². The first-order valence-electron chi connectivity index (χ1n) is 5.11. The molecule has 0 saturated heterocycles. The van der Waals surface area contributed by atoms with Crippen LogP contribution in [-0.4, -0.2) is 24.7 Å². The maximum Gasteiger partial charge on any atom is 0.338 e. The first-order valence-corrected chi connectivity index (χ1v) is 7.45. The lowest BCUT2D eigenvalue weighted by atomic mass is 10.2. The minimum absolute atomic E-state index is 0.0206. The van der Waals surface area contributed by atoms with E-state index < -0.39 is 37.3 Å². The van der Waals surface area contributed by atoms with Crippen LogP contribution in [-0.2, 0) is 9.84 Å². The Labute approximate surface area is 117 Å². The van der Waals surface area contributed by atoms with Crippen molar-refractivity contribution in [3.05, 3.63) is 28.0 Å². The van der Waals surface area contributed by atoms with Crippen LogP contribution < -0.4 is 0 Å². The maximum atomic E-state index is 13.9. The monoisotopic (exact) mass is 349 g/mol. The van der Waals surface area contributed by atoms with Gasteiger partial charge in [0.15, 0.2) is 20.9 Å². The lowest BCUT2D eigenvalue weighted by molar-refractivity contribution is 0.0691. The first-order chi connectivity index (χ1) is 8.75. The highest BCUT2D eigenvalue weighted by Gasteiger charge is 2.31. The largest absolute Gasteiger partial charge is 0.478 e. The Morgan fingerprint density at radius 3 is 2.58 bits per heavy atom. The zero-order chi connectivity index (χ0) is 14.8. The number of carboxylic acids is 1. The molecule has 0 fully saturated rings. The lowest BCUT2D eigenvalue weighted by Crippen LogP contribution is -2.21. The summed E-state index contributed by atoms with van der Waals surface area (Å²) in [7, 11) is -4.24. The van der Waals surface area contributed by atoms with Crippen molar-refractivity contribution in [1.82, 2.24) is 0 Å². The van der Waals surface area contributed by atoms with Gasteiger partial charge in [-0.25, -0.2) is 17.6 Å². The van der Waals surface area contributed by atoms with Crippen LogP contribution in [0.3, 0.4) is 0 Å². The van der Waals surface area contributed by atoms with Gasteiger partial charge in [-0.05, 0) is 18.6 Å². The van der Waals surface area contributed by atoms with E-state index >= 15 is 0 Å². The molecule has 0 bridgehead atoms. The third-order valence-electron chi connectivity index (χ3n) is 2.43. The van der Waals surface area contributed by atoms with Crippen LogP contribution in [0.5, 0.6) is 0 Å². The smallest absolute Gasteiger partial charge is 0.338 e. The second-order valence-corrected chi connectivity index (χ2v) is 6.66. The van der Waals surface area contributed by atoms with Crippen molar-refractivity contribution in [2.75, 3.05) is 0 Å². The van der Waals surface area contributed by atoms with Crippen molar-refractivity contribution < 1.29 is 22.7 Å². The standard InChI is InChI=1S/C11H9BrFNO4S/c1-2-7(5-14)19(17,18)9-4-6(12)3-8(10(9)13)11(15)16/h3-4,7H,2H2,1H3,(H,15,16). The number of rotatable bonds is 4. The molecule has 19 heavy (non-hydrogen) atoms. The van der Waals surface area contributed by atoms with Gasteiger partial charge < -0.3 is 5.11 Å². The highest BCUT2D eigenvalue weighted by atomic mass is 79.9. The predicted octanol–water partition coefficient (Wildman–Crippen LogP) is 2.36. The third kappa shape index (κ3) is 2.93. The van der Waals surface area contributed by atoms with Crippen LogP contribution in [0.2, 0.25) is 0 Å². The summed E-state index contributed by atoms with van der Waals surface area (Å²) in [4.78, 5) is 10.1. The molecule has 5 nitrogen and oxygen atoms in total. The normalized spacial score (nSPS) is 12.7. The van der Waals surface area contributed by atoms with E-state index in [-0.39, 0.29) is 10.9 Å². The van der Waals surface area contributed by atoms with Gasteiger partial charge in [-0.1, -0.05) is 22.9 Å². The molecule has 0 saturated carbocycles. The van der Waals surface area contributed by atoms with Gasteiger partial charge in [-0.15, -0.1) is 0 Å². The van der Waals surface area contributed by atoms with Gasteiger partial charge in [0.25, 0.3) is 0 Å². The average Bonchev–Trinajstić information content (AvgIpc) is 2.32. The zero-order valence-electron chi connectivity index (χ0n) is 9.72. The van der Waals surface area contributed by atoms with E-state index in [1.165, 1.54) is 6.92 Å². The second kappa shape index (κ2) is 5.67. The molecule has 1 unspecified atom stereocenters. The van der Waals surface area contributed by atoms with E-state index in [1.807, 2.05) is 0 Å². The summed E-state index contributed by atoms with van der Waals surface area (Å²) < 4.78 is 38.2. The van der Waals surface area contributed by atoms with Crippen molar-refractivity contribution in [2.24, 2.45) is 0 Å². The van der Waals surface area contributed by atoms with Crippen LogP contribution in [0.1, 0.15) is 23.7 Å². The molecular weight excluding hydrogens is 341 g/mol. The quantitative estimate of drug-likeness (QED) is 0.899. The Balaban J connectivity index is 3.61. The SMILES string of the molecule is CCC(C#N)S(=O)(=O)c1cc(Br)cc(C(=O)O)c1F. The van der Waals surface area contributed by atoms with Crippen molar-refractivity contribution in [2.45, 2.75) is 23.5 Å². The van der Waals surface area contributed by atoms with Crippen molar-refractivity contribution in [1.29, 1.82) is 5.26 Å². The van der Waals surface area contributed by atoms with E-state index in [4.69, 9.17) is 10.4 Å². The first kappa shape index (κ1) is 15.6. The topological polar surface area (TPSA) is 95.2 Å². The van der Waals surface area contributed by atoms with Gasteiger partial charge in [0.1, 0.15) is 4.90 Å². The molecule has 0 heterocycles. The maximum absolute atomic E-state index is 13.9. The Kier molecular flexibility index (Phi) is 4.66. The number of nitrogens with zero attached hydrogens (tertiary/aromatic N) is 1. The molecule has 0 aromatic heterocycles. The van der Waals surface area contributed by atoms with Gasteiger partial charge >= 0.3 is 5.97 Å². The fourth-order valence-corrected chi connectivity index (χ4v) is 3.60. The summed E-state index contributed by atoms with van der Waals surface area (Å²) in [5.41, 5.74) is -0.763. The van der Waals surface area contributed by atoms with Gasteiger partial charge in [0.05, 0.1) is 11.6 Å². The van der Waals surface area contributed by atoms with Crippen molar-refractivity contribution >= 4 is 31.7 Å². The van der Waals surface area contributed by atoms with E-state index in [0.717, 1.165) is 12.1 Å². The van der Waals surface area contributed by atoms with Crippen molar-refractivity contribution in [3.8, 4) is 6.07 Å². The molecule has 1 rings (SSSR count). The lowest BCUT2D eigenvalue weighted by Gasteiger charge is -2.11. The van der Waals surface area contributed by atoms with Crippen LogP contribution in [0.4, 0.5) is 4.39 Å². The van der Waals surface area contributed by atoms with Crippen LogP contribution in [0.25, 0.3) is 0 Å². The summed E-state index contributed by atoms with van der Waals surface area (Å²) in [6, 6.07) is 3.49. The number of hydrogen-bond donors (Lipinski definition) is 1. The summed E-state index contributed by atoms with van der Waals surface area (Å²) in [6.45, 7) is 1.47. The predicted molar refractivity (Wildman–Crippen MR) is 67.9 cm³/mol. The number of carbonyl (C=O) groups is 1. The number of aromatic carboxylic acids is 1. The van der Waals surface area contributed by atoms with E-state index in [0.29, 0.717) is 0 Å². The zero-order valence-corrected chi connectivity index (χ0v) is 12.1. The molecule has 0 amide bonds. The molecule has 0 spiro atoms. The number of benzene rings is 1. The van der Waals surface area contributed by atoms with Gasteiger partial charge in [-0.3, -0.25) is 0 Å². The molecule has 0 radical (unpaired) electrons. The molecule has 0 aliphatic rings. The third-order valence-corrected chi connectivity index (χ3v) is 4.99. The Hall–Kier alpha value is -1.46. The molecule has 1 aromatic rings. The van der Waals surface area contributed by atoms with Gasteiger partial charge in [-0.2, -0.15) is 5.26 Å². The Morgan fingerprint density at radius 2 is 2.16 bits per heavy atom. The summed E-state index contributed by atoms with van der Waals surface area (Å²) in [5, 5.41) is 16.2. The van der Waals surface area contributed by atoms with Crippen molar-refractivity contribution in [3.63, 3.8) is 0 Å². The number of carboxylic acid groups (broad SMARTS) is 1. The Morgan fingerprint density at radius 1 is 1.58 bits per heavy atom. The van der Waals surface area contributed by atoms with E-state index in [9.17, 15) is 17.6 Å². The van der Waals surface area contributed by atoms with Gasteiger partial charge in [0, 0.05) is 4.47 Å². The summed E-state index contributed by atoms with van der Waals surface area (Å²) in [6.07, 6.45) is -0.0206. The van der Waals surface area contributed by atoms with Crippen LogP contribution in [0, 0.1) is 17.1 Å². The molecule has 102 valence electrons. The van der Waals surface area contributed by atoms with Crippen LogP contribution >= 0.6 is 15.9 Å². The highest BCUT2D eigenvalue weighted by molar-refractivity contribution is 9.10. The number of halogens is 2. The minimum atomic E-state index is -4.24. The fraction of sp³-hybridized carbons (Fsp3) is 0.273. The molecule has 1 N–H and O–H groups in total. The molecule has 1 atom stereocenters. The molecule has 8 heteroatoms. The van der Waals surface area contributed by atoms with Crippen LogP contribution in [0.15, 0.2) is 21.5 Å². The summed E-state index contributed by atoms with van der Waals surface area (Å²) >= 11 is 2.92. The number of nitriles is 1. The Bertz CT molecular complexity index is 666. The fourth-order valence-electron chi connectivity index (χ4n) is 1.46. The van der Waals surface area contributed by atoms with E-state index in [2.05, 4.69) is 15.9 Å².